The van der Waals surface area contributed by atoms with Crippen molar-refractivity contribution in [3.8, 4) is 0 Å². The van der Waals surface area contributed by atoms with Crippen LogP contribution in [0.2, 0.25) is 0 Å². The zero-order chi connectivity index (χ0) is 21.6. The Bertz CT molecular complexity index is 825. The van der Waals surface area contributed by atoms with Crippen LogP contribution in [0.5, 0.6) is 0 Å². The van der Waals surface area contributed by atoms with E-state index in [4.69, 9.17) is 9.13 Å². The Morgan fingerprint density at radius 1 is 1.31 bits per heavy atom. The molecule has 1 heterocycles. The highest BCUT2D eigenvalue weighted by Gasteiger charge is 2.59. The van der Waals surface area contributed by atoms with Crippen molar-refractivity contribution in [1.29, 1.82) is 0 Å². The number of nitrogens with zero attached hydrogens (tertiary/aromatic N) is 2. The van der Waals surface area contributed by atoms with Gasteiger partial charge >= 0.3 is 6.09 Å². The molecule has 160 valence electrons. The first-order valence-corrected chi connectivity index (χ1v) is 11.6. The molecule has 4 nitrogen and oxygen atoms in total. The van der Waals surface area contributed by atoms with Crippen molar-refractivity contribution in [2.75, 3.05) is 6.54 Å². The van der Waals surface area contributed by atoms with E-state index in [9.17, 15) is 9.18 Å². The highest BCUT2D eigenvalue weighted by molar-refractivity contribution is 9.10. The first kappa shape index (κ1) is 22.6. The van der Waals surface area contributed by atoms with Crippen LogP contribution in [0.1, 0.15) is 59.9 Å². The molecule has 1 atom stereocenters. The van der Waals surface area contributed by atoms with E-state index in [0.717, 1.165) is 18.6 Å². The Morgan fingerprint density at radius 2 is 1.97 bits per heavy atom. The molecule has 1 saturated heterocycles. The molecule has 1 aliphatic heterocycles. The van der Waals surface area contributed by atoms with Gasteiger partial charge < -0.3 is 4.74 Å². The Balaban J connectivity index is 1.97. The molecule has 0 bridgehead atoms. The van der Waals surface area contributed by atoms with Crippen LogP contribution in [0.25, 0.3) is 0 Å². The zero-order valence-corrected chi connectivity index (χ0v) is 20.4. The molecule has 1 spiro atoms. The largest absolute Gasteiger partial charge is 0.444 e. The monoisotopic (exact) mass is 484 g/mol. The molecule has 7 heteroatoms. The number of carbonyl (C=O) groups excluding carboxylic acids is 1. The van der Waals surface area contributed by atoms with Crippen molar-refractivity contribution in [3.05, 3.63) is 34.1 Å². The van der Waals surface area contributed by atoms with Gasteiger partial charge in [-0.2, -0.15) is 0 Å². The molecular formula is C22H30BrFN2O2S. The van der Waals surface area contributed by atoms with Crippen molar-refractivity contribution in [1.82, 2.24) is 4.90 Å². The van der Waals surface area contributed by atoms with Crippen LogP contribution in [0.4, 0.5) is 9.18 Å². The van der Waals surface area contributed by atoms with Gasteiger partial charge in [-0.15, -0.1) is 0 Å². The number of amides is 1. The summed E-state index contributed by atoms with van der Waals surface area (Å²) in [6, 6.07) is 4.99. The molecule has 1 unspecified atom stereocenters. The Morgan fingerprint density at radius 3 is 2.52 bits per heavy atom. The summed E-state index contributed by atoms with van der Waals surface area (Å²) >= 11 is 4.80. The van der Waals surface area contributed by atoms with Gasteiger partial charge in [0.2, 0.25) is 0 Å². The van der Waals surface area contributed by atoms with Gasteiger partial charge in [0.05, 0.1) is 16.2 Å². The highest BCUT2D eigenvalue weighted by Crippen LogP contribution is 2.54. The summed E-state index contributed by atoms with van der Waals surface area (Å²) in [6.07, 6.45) is 2.05. The predicted molar refractivity (Wildman–Crippen MR) is 121 cm³/mol. The number of ether oxygens (including phenoxy) is 1. The molecule has 1 saturated carbocycles. The summed E-state index contributed by atoms with van der Waals surface area (Å²) < 4.78 is 25.7. The second-order valence-corrected chi connectivity index (χ2v) is 12.4. The third-order valence-electron chi connectivity index (χ3n) is 5.05. The minimum absolute atomic E-state index is 0.0337. The maximum atomic E-state index is 14.7. The fourth-order valence-electron chi connectivity index (χ4n) is 3.56. The lowest BCUT2D eigenvalue weighted by molar-refractivity contribution is 0.0232. The van der Waals surface area contributed by atoms with Gasteiger partial charge in [0, 0.05) is 23.1 Å². The van der Waals surface area contributed by atoms with E-state index < -0.39 is 5.60 Å². The fourth-order valence-corrected chi connectivity index (χ4v) is 4.66. The minimum Gasteiger partial charge on any atom is -0.444 e. The quantitative estimate of drug-likeness (QED) is 0.464. The summed E-state index contributed by atoms with van der Waals surface area (Å²) in [5.41, 5.74) is 0.911. The normalized spacial score (nSPS) is 22.4. The number of rotatable bonds is 3. The van der Waals surface area contributed by atoms with E-state index in [1.165, 1.54) is 11.9 Å². The smallest absolute Gasteiger partial charge is 0.410 e. The van der Waals surface area contributed by atoms with Crippen molar-refractivity contribution in [2.24, 2.45) is 9.81 Å². The number of carbonyl (C=O) groups is 1. The van der Waals surface area contributed by atoms with Crippen molar-refractivity contribution in [2.45, 2.75) is 77.2 Å². The van der Waals surface area contributed by atoms with E-state index in [-0.39, 0.29) is 28.1 Å². The first-order chi connectivity index (χ1) is 13.3. The molecule has 1 aliphatic carbocycles. The van der Waals surface area contributed by atoms with Crippen LogP contribution in [-0.4, -0.2) is 39.6 Å². The second-order valence-electron chi connectivity index (χ2n) is 10.0. The standard InChI is InChI=1S/C22H30BrFN2O2S/c1-20(2,3)28-19(27)26-13-22(10-11-22)18(25-29-21(4,5)6)16(26)12-14-8-7-9-15(23)17(14)24/h7-9,16H,10-13H2,1-6H3. The molecule has 1 aromatic rings. The molecule has 3 rings (SSSR count). The number of halogens is 2. The van der Waals surface area contributed by atoms with Crippen LogP contribution >= 0.6 is 27.9 Å². The maximum Gasteiger partial charge on any atom is 0.410 e. The summed E-state index contributed by atoms with van der Waals surface area (Å²) in [4.78, 5) is 14.8. The molecule has 1 aromatic carbocycles. The lowest BCUT2D eigenvalue weighted by atomic mass is 9.95. The molecular weight excluding hydrogens is 455 g/mol. The summed E-state index contributed by atoms with van der Waals surface area (Å²) in [5, 5.41) is 0. The van der Waals surface area contributed by atoms with Crippen LogP contribution in [0.15, 0.2) is 27.1 Å². The number of benzene rings is 1. The van der Waals surface area contributed by atoms with E-state index in [0.29, 0.717) is 23.0 Å². The van der Waals surface area contributed by atoms with Gasteiger partial charge in [0.1, 0.15) is 11.4 Å². The Kier molecular flexibility index (Phi) is 6.14. The van der Waals surface area contributed by atoms with Crippen LogP contribution in [0, 0.1) is 11.2 Å². The zero-order valence-electron chi connectivity index (χ0n) is 18.0. The molecule has 0 aromatic heterocycles. The predicted octanol–water partition coefficient (Wildman–Crippen LogP) is 6.42. The average Bonchev–Trinajstić information content (AvgIpc) is 3.26. The second kappa shape index (κ2) is 7.88. The maximum absolute atomic E-state index is 14.7. The van der Waals surface area contributed by atoms with Gasteiger partial charge in [-0.25, -0.2) is 13.6 Å². The van der Waals surface area contributed by atoms with Gasteiger partial charge in [-0.05, 0) is 93.9 Å². The lowest BCUT2D eigenvalue weighted by Gasteiger charge is -2.29. The van der Waals surface area contributed by atoms with Gasteiger partial charge in [-0.3, -0.25) is 4.90 Å². The molecule has 29 heavy (non-hydrogen) atoms. The molecule has 0 N–H and O–H groups in total. The van der Waals surface area contributed by atoms with E-state index in [1.807, 2.05) is 26.8 Å². The summed E-state index contributed by atoms with van der Waals surface area (Å²) in [6.45, 7) is 12.5. The third-order valence-corrected chi connectivity index (χ3v) is 6.50. The van der Waals surface area contributed by atoms with Crippen LogP contribution < -0.4 is 0 Å². The highest BCUT2D eigenvalue weighted by atomic mass is 79.9. The minimum atomic E-state index is -0.584. The topological polar surface area (TPSA) is 41.9 Å². The molecule has 0 radical (unpaired) electrons. The van der Waals surface area contributed by atoms with Crippen molar-refractivity contribution >= 4 is 39.7 Å². The molecule has 2 aliphatic rings. The van der Waals surface area contributed by atoms with Gasteiger partial charge in [-0.1, -0.05) is 12.1 Å². The summed E-state index contributed by atoms with van der Waals surface area (Å²) in [5.74, 6) is -0.281. The van der Waals surface area contributed by atoms with Gasteiger partial charge in [0.25, 0.3) is 0 Å². The van der Waals surface area contributed by atoms with E-state index >= 15 is 0 Å². The Hall–Kier alpha value is -1.08. The number of hydrogen-bond donors (Lipinski definition) is 0. The molecule has 2 fully saturated rings. The van der Waals surface area contributed by atoms with Gasteiger partial charge in [0.15, 0.2) is 0 Å². The van der Waals surface area contributed by atoms with Crippen molar-refractivity contribution in [3.63, 3.8) is 0 Å². The van der Waals surface area contributed by atoms with Crippen molar-refractivity contribution < 1.29 is 13.9 Å². The average molecular weight is 485 g/mol. The molecule has 1 amide bonds. The number of hydrogen-bond acceptors (Lipinski definition) is 4. The van der Waals surface area contributed by atoms with Crippen LogP contribution in [0.3, 0.4) is 0 Å². The lowest BCUT2D eigenvalue weighted by Crippen LogP contribution is -2.42. The number of likely N-dealkylation sites (tertiary alicyclic amines) is 1. The third kappa shape index (κ3) is 5.35. The fraction of sp³-hybridized carbons (Fsp3) is 0.636. The van der Waals surface area contributed by atoms with E-state index in [1.54, 1.807) is 17.0 Å². The SMILES string of the molecule is CC(C)(C)OC(=O)N1CC2(CC2)C(=NSC(C)(C)C)C1Cc1cccc(Br)c1F. The first-order valence-electron chi connectivity index (χ1n) is 10.0. The Labute approximate surface area is 185 Å². The van der Waals surface area contributed by atoms with Crippen LogP contribution in [-0.2, 0) is 11.2 Å². The summed E-state index contributed by atoms with van der Waals surface area (Å²) in [7, 11) is 0. The van der Waals surface area contributed by atoms with E-state index in [2.05, 4.69) is 36.7 Å².